The second-order valence-electron chi connectivity index (χ2n) is 4.43. The molecular formula is C14H11Cl2N3. The normalized spacial score (nSPS) is 11.1. The zero-order chi connectivity index (χ0) is 13.6. The van der Waals surface area contributed by atoms with E-state index in [9.17, 15) is 0 Å². The number of nitrogen functional groups attached to an aromatic ring is 1. The molecule has 5 heteroatoms. The molecule has 2 N–H and O–H groups in total. The van der Waals surface area contributed by atoms with Gasteiger partial charge in [0.2, 0.25) is 5.95 Å². The summed E-state index contributed by atoms with van der Waals surface area (Å²) in [5.74, 6) is 0.416. The molecule has 0 aliphatic carbocycles. The van der Waals surface area contributed by atoms with Crippen molar-refractivity contribution in [1.29, 1.82) is 0 Å². The van der Waals surface area contributed by atoms with Crippen LogP contribution in [0.3, 0.4) is 0 Å². The van der Waals surface area contributed by atoms with Crippen molar-refractivity contribution in [1.82, 2.24) is 9.55 Å². The molecule has 2 aromatic carbocycles. The Kier molecular flexibility index (Phi) is 2.88. The van der Waals surface area contributed by atoms with Gasteiger partial charge in [-0.3, -0.25) is 4.57 Å². The fourth-order valence-corrected chi connectivity index (χ4v) is 2.66. The Morgan fingerprint density at radius 1 is 1.05 bits per heavy atom. The average molecular weight is 292 g/mol. The van der Waals surface area contributed by atoms with Crippen LogP contribution in [-0.4, -0.2) is 9.55 Å². The molecule has 0 atom stereocenters. The van der Waals surface area contributed by atoms with E-state index in [4.69, 9.17) is 28.9 Å². The third kappa shape index (κ3) is 2.15. The van der Waals surface area contributed by atoms with Crippen molar-refractivity contribution in [2.75, 3.05) is 5.73 Å². The first-order valence-corrected chi connectivity index (χ1v) is 6.51. The molecule has 0 saturated heterocycles. The van der Waals surface area contributed by atoms with E-state index >= 15 is 0 Å². The highest BCUT2D eigenvalue weighted by molar-refractivity contribution is 6.34. The van der Waals surface area contributed by atoms with Crippen molar-refractivity contribution < 1.29 is 0 Å². The molecule has 0 aliphatic heterocycles. The number of hydrogen-bond acceptors (Lipinski definition) is 2. The van der Waals surface area contributed by atoms with Crippen LogP contribution in [0.5, 0.6) is 0 Å². The van der Waals surface area contributed by atoms with Crippen LogP contribution in [0, 0.1) is 6.92 Å². The number of nitrogens with zero attached hydrogens (tertiary/aromatic N) is 2. The number of nitrogens with two attached hydrogens (primary N) is 1. The number of anilines is 1. The van der Waals surface area contributed by atoms with Gasteiger partial charge in [0.15, 0.2) is 0 Å². The molecule has 0 aliphatic rings. The average Bonchev–Trinajstić information content (AvgIpc) is 2.63. The van der Waals surface area contributed by atoms with Crippen molar-refractivity contribution in [3.63, 3.8) is 0 Å². The van der Waals surface area contributed by atoms with Crippen molar-refractivity contribution in [3.8, 4) is 5.69 Å². The zero-order valence-electron chi connectivity index (χ0n) is 10.2. The molecule has 0 spiro atoms. The van der Waals surface area contributed by atoms with E-state index < -0.39 is 0 Å². The predicted octanol–water partition coefficient (Wildman–Crippen LogP) is 4.22. The third-order valence-corrected chi connectivity index (χ3v) is 3.38. The minimum Gasteiger partial charge on any atom is -0.369 e. The largest absolute Gasteiger partial charge is 0.369 e. The summed E-state index contributed by atoms with van der Waals surface area (Å²) in [6, 6.07) is 11.3. The van der Waals surface area contributed by atoms with Crippen molar-refractivity contribution >= 4 is 40.2 Å². The van der Waals surface area contributed by atoms with Crippen LogP contribution >= 0.6 is 23.2 Å². The molecule has 1 aromatic heterocycles. The fraction of sp³-hybridized carbons (Fsp3) is 0.0714. The molecule has 3 nitrogen and oxygen atoms in total. The Bertz CT molecular complexity index is 757. The maximum absolute atomic E-state index is 6.04. The molecule has 0 unspecified atom stereocenters. The maximum atomic E-state index is 6.04. The lowest BCUT2D eigenvalue weighted by Gasteiger charge is -2.08. The Balaban J connectivity index is 2.35. The first-order valence-electron chi connectivity index (χ1n) is 5.75. The molecule has 96 valence electrons. The fourth-order valence-electron chi connectivity index (χ4n) is 2.14. The topological polar surface area (TPSA) is 43.8 Å². The van der Waals surface area contributed by atoms with Gasteiger partial charge in [-0.05, 0) is 42.8 Å². The van der Waals surface area contributed by atoms with Gasteiger partial charge in [0.05, 0.1) is 16.7 Å². The van der Waals surface area contributed by atoms with Crippen LogP contribution in [0.15, 0.2) is 36.4 Å². The third-order valence-electron chi connectivity index (χ3n) is 2.94. The second-order valence-corrected chi connectivity index (χ2v) is 5.30. The number of aryl methyl sites for hydroxylation is 1. The number of benzene rings is 2. The van der Waals surface area contributed by atoms with E-state index in [0.717, 1.165) is 22.3 Å². The SMILES string of the molecule is Cc1ccc2nc(N)n(-c3cc(Cl)cc(Cl)c3)c2c1. The van der Waals surface area contributed by atoms with E-state index in [0.29, 0.717) is 16.0 Å². The molecule has 3 rings (SSSR count). The number of fused-ring (bicyclic) bond motifs is 1. The number of aromatic nitrogens is 2. The summed E-state index contributed by atoms with van der Waals surface area (Å²) < 4.78 is 1.85. The predicted molar refractivity (Wildman–Crippen MR) is 80.2 cm³/mol. The molecule has 1 heterocycles. The summed E-state index contributed by atoms with van der Waals surface area (Å²) in [5, 5.41) is 1.13. The van der Waals surface area contributed by atoms with Gasteiger partial charge in [0, 0.05) is 10.0 Å². The molecule has 19 heavy (non-hydrogen) atoms. The van der Waals surface area contributed by atoms with Crippen LogP contribution < -0.4 is 5.73 Å². The van der Waals surface area contributed by atoms with Gasteiger partial charge in [-0.1, -0.05) is 29.3 Å². The van der Waals surface area contributed by atoms with Gasteiger partial charge >= 0.3 is 0 Å². The van der Waals surface area contributed by atoms with E-state index in [1.165, 1.54) is 0 Å². The molecule has 3 aromatic rings. The summed E-state index contributed by atoms with van der Waals surface area (Å²) in [6.45, 7) is 2.03. The van der Waals surface area contributed by atoms with Crippen molar-refractivity contribution in [2.45, 2.75) is 6.92 Å². The monoisotopic (exact) mass is 291 g/mol. The highest BCUT2D eigenvalue weighted by atomic mass is 35.5. The van der Waals surface area contributed by atoms with E-state index in [1.54, 1.807) is 6.07 Å². The highest BCUT2D eigenvalue weighted by Gasteiger charge is 2.11. The summed E-state index contributed by atoms with van der Waals surface area (Å²) in [7, 11) is 0. The van der Waals surface area contributed by atoms with Crippen LogP contribution in [0.4, 0.5) is 5.95 Å². The lowest BCUT2D eigenvalue weighted by molar-refractivity contribution is 1.11. The Hall–Kier alpha value is -1.71. The number of halogens is 2. The maximum Gasteiger partial charge on any atom is 0.205 e. The summed E-state index contributed by atoms with van der Waals surface area (Å²) in [5.41, 5.74) is 9.74. The van der Waals surface area contributed by atoms with Gasteiger partial charge in [-0.2, -0.15) is 0 Å². The number of imidazole rings is 1. The molecular weight excluding hydrogens is 281 g/mol. The van der Waals surface area contributed by atoms with E-state index in [-0.39, 0.29) is 0 Å². The van der Waals surface area contributed by atoms with Crippen LogP contribution in [0.1, 0.15) is 5.56 Å². The molecule has 0 bridgehead atoms. The van der Waals surface area contributed by atoms with Crippen LogP contribution in [-0.2, 0) is 0 Å². The van der Waals surface area contributed by atoms with Crippen molar-refractivity contribution in [3.05, 3.63) is 52.0 Å². The van der Waals surface area contributed by atoms with Crippen LogP contribution in [0.25, 0.3) is 16.7 Å². The lowest BCUT2D eigenvalue weighted by atomic mass is 10.2. The Morgan fingerprint density at radius 3 is 2.42 bits per heavy atom. The lowest BCUT2D eigenvalue weighted by Crippen LogP contribution is -2.00. The summed E-state index contributed by atoms with van der Waals surface area (Å²) in [4.78, 5) is 4.34. The molecule has 0 radical (unpaired) electrons. The number of hydrogen-bond donors (Lipinski definition) is 1. The smallest absolute Gasteiger partial charge is 0.205 e. The quantitative estimate of drug-likeness (QED) is 0.729. The number of rotatable bonds is 1. The zero-order valence-corrected chi connectivity index (χ0v) is 11.7. The molecule has 0 saturated carbocycles. The Morgan fingerprint density at radius 2 is 1.74 bits per heavy atom. The summed E-state index contributed by atoms with van der Waals surface area (Å²) >= 11 is 12.1. The Labute approximate surface area is 120 Å². The highest BCUT2D eigenvalue weighted by Crippen LogP contribution is 2.28. The van der Waals surface area contributed by atoms with Gasteiger partial charge < -0.3 is 5.73 Å². The van der Waals surface area contributed by atoms with Gasteiger partial charge in [-0.15, -0.1) is 0 Å². The minimum absolute atomic E-state index is 0.416. The van der Waals surface area contributed by atoms with Gasteiger partial charge in [0.1, 0.15) is 0 Å². The van der Waals surface area contributed by atoms with Gasteiger partial charge in [-0.25, -0.2) is 4.98 Å². The van der Waals surface area contributed by atoms with E-state index in [1.807, 2.05) is 41.8 Å². The summed E-state index contributed by atoms with van der Waals surface area (Å²) in [6.07, 6.45) is 0. The van der Waals surface area contributed by atoms with E-state index in [2.05, 4.69) is 4.98 Å². The standard InChI is InChI=1S/C14H11Cl2N3/c1-8-2-3-12-13(4-8)19(14(17)18-12)11-6-9(15)5-10(16)7-11/h2-7H,1H3,(H2,17,18). The van der Waals surface area contributed by atoms with Gasteiger partial charge in [0.25, 0.3) is 0 Å². The first kappa shape index (κ1) is 12.3. The van der Waals surface area contributed by atoms with Crippen molar-refractivity contribution in [2.24, 2.45) is 0 Å². The second kappa shape index (κ2) is 4.44. The molecule has 0 fully saturated rings. The minimum atomic E-state index is 0.416. The first-order chi connectivity index (χ1) is 9.04. The molecule has 0 amide bonds. The van der Waals surface area contributed by atoms with Crippen LogP contribution in [0.2, 0.25) is 10.0 Å².